The van der Waals surface area contributed by atoms with Crippen LogP contribution in [0.15, 0.2) is 242 Å². The van der Waals surface area contributed by atoms with Crippen molar-refractivity contribution in [2.75, 3.05) is 61.7 Å². The van der Waals surface area contributed by atoms with Crippen molar-refractivity contribution in [1.29, 1.82) is 0 Å². The number of carboxylic acids is 1. The van der Waals surface area contributed by atoms with Gasteiger partial charge in [0.25, 0.3) is 22.2 Å². The van der Waals surface area contributed by atoms with Crippen molar-refractivity contribution < 1.29 is 57.0 Å². The number of carbonyl (C=O) groups excluding carboxylic acids is 2. The van der Waals surface area contributed by atoms with Gasteiger partial charge < -0.3 is 59.1 Å². The number of aromatic carboxylic acids is 1. The molecular weight excluding hydrogens is 1770 g/mol. The molecule has 0 spiro atoms. The quantitative estimate of drug-likeness (QED) is 0.0858. The Balaban J connectivity index is 0.000000138. The second-order valence-electron chi connectivity index (χ2n) is 33.0. The molecule has 0 fully saturated rings. The lowest BCUT2D eigenvalue weighted by molar-refractivity contribution is 0.0208. The zero-order valence-electron chi connectivity index (χ0n) is 75.9. The minimum atomic E-state index is -1.28. The highest BCUT2D eigenvalue weighted by Crippen LogP contribution is 2.29. The third-order valence-corrected chi connectivity index (χ3v) is 22.4. The van der Waals surface area contributed by atoms with Crippen LogP contribution >= 0.6 is 15.9 Å². The Kier molecular flexibility index (Phi) is 31.0. The number of allylic oxidation sites excluding steroid dienone is 1. The molecule has 36 heteroatoms. The Labute approximate surface area is 772 Å². The molecule has 0 unspecified atom stereocenters. The lowest BCUT2D eigenvalue weighted by atomic mass is 10.1. The van der Waals surface area contributed by atoms with Crippen molar-refractivity contribution in [2.24, 2.45) is 10.7 Å². The van der Waals surface area contributed by atoms with Gasteiger partial charge in [0.1, 0.15) is 56.9 Å². The number of aromatic nitrogens is 14. The fourth-order valence-electron chi connectivity index (χ4n) is 15.1. The number of methoxy groups -OCH3 is 5. The average molecular weight is 1880 g/mol. The van der Waals surface area contributed by atoms with Crippen molar-refractivity contribution in [1.82, 2.24) is 81.8 Å². The van der Waals surface area contributed by atoms with E-state index in [1.165, 1.54) is 11.8 Å². The minimum absolute atomic E-state index is 0.0438. The molecule has 4 aliphatic rings. The van der Waals surface area contributed by atoms with Gasteiger partial charge in [0, 0.05) is 78.8 Å². The van der Waals surface area contributed by atoms with Gasteiger partial charge >= 0.3 is 18.2 Å². The Bertz CT molecular complexity index is 6950. The number of fused-ring (bicyclic) bond motifs is 12. The van der Waals surface area contributed by atoms with Gasteiger partial charge in [0.05, 0.1) is 157 Å². The SMILES string of the molecule is CCc1ccc(OC)cc1.COc1ccc(Cn2c(=O)c3c(n4ncc(Br)c24)CN(C(=O)OC(C)(C)C)CC3)cc1.COc1ccc(Cn2c(=O)c3c(n4nccc24)CN(C(=O)OC(C)(C)C)CC3)cc1.COc1ccc(Cn2c(=O)c3c(n4nccc24)CNCC3)cc1.COc1ccc(Cn2c(=O)c3ccncc3n3nccc23)cc1.NC1=CC=NC1.O=C(O)c1ccncc1F. The number of hydrogen-bond acceptors (Lipinski definition) is 23. The van der Waals surface area contributed by atoms with Gasteiger partial charge in [-0.3, -0.25) is 52.4 Å². The molecule has 10 aromatic heterocycles. The molecule has 15 aromatic rings. The molecule has 0 aliphatic carbocycles. The van der Waals surface area contributed by atoms with Crippen LogP contribution in [0, 0.1) is 5.82 Å². The predicted octanol–water partition coefficient (Wildman–Crippen LogP) is 12.8. The molecule has 14 heterocycles. The number of hydrogen-bond donors (Lipinski definition) is 3. The van der Waals surface area contributed by atoms with Crippen LogP contribution in [0.5, 0.6) is 28.7 Å². The number of nitrogens with zero attached hydrogens (tertiary/aromatic N) is 17. The number of pyridine rings is 2. The summed E-state index contributed by atoms with van der Waals surface area (Å²) < 4.78 is 64.0. The molecule has 0 radical (unpaired) electrons. The summed E-state index contributed by atoms with van der Waals surface area (Å²) in [6.07, 6.45) is 17.6. The molecule has 133 heavy (non-hydrogen) atoms. The average Bonchev–Trinajstić information content (AvgIpc) is 1.68. The van der Waals surface area contributed by atoms with Crippen LogP contribution in [0.4, 0.5) is 14.0 Å². The molecule has 0 saturated carbocycles. The van der Waals surface area contributed by atoms with Crippen LogP contribution in [0.3, 0.4) is 0 Å². The summed E-state index contributed by atoms with van der Waals surface area (Å²) in [6, 6.07) is 47.3. The van der Waals surface area contributed by atoms with Gasteiger partial charge in [-0.2, -0.15) is 20.4 Å². The number of nitrogens with one attached hydrogen (secondary N) is 1. The Morgan fingerprint density at radius 3 is 1.28 bits per heavy atom. The molecule has 4 N–H and O–H groups in total. The smallest absolute Gasteiger partial charge is 0.410 e. The molecule has 5 aromatic carbocycles. The van der Waals surface area contributed by atoms with Crippen LogP contribution in [0.2, 0.25) is 0 Å². The van der Waals surface area contributed by atoms with E-state index in [0.717, 1.165) is 121 Å². The number of carbonyl (C=O) groups is 3. The topological polar surface area (TPSA) is 376 Å². The third kappa shape index (κ3) is 23.2. The molecule has 2 amide bonds. The first-order chi connectivity index (χ1) is 64.0. The third-order valence-electron chi connectivity index (χ3n) is 21.8. The maximum Gasteiger partial charge on any atom is 0.410 e. The molecular formula is C97H105BrFN19O15. The number of aliphatic imine (C=N–C) groups is 1. The van der Waals surface area contributed by atoms with Crippen LogP contribution < -0.4 is 57.0 Å². The number of amides is 2. The number of carboxylic acid groups (broad SMARTS) is 1. The number of aryl methyl sites for hydroxylation is 1. The highest BCUT2D eigenvalue weighted by atomic mass is 79.9. The number of benzene rings is 5. The van der Waals surface area contributed by atoms with E-state index in [9.17, 15) is 38.0 Å². The predicted molar refractivity (Wildman–Crippen MR) is 504 cm³/mol. The fourth-order valence-corrected chi connectivity index (χ4v) is 15.6. The molecule has 34 nitrogen and oxygen atoms in total. The fraction of sp³-hybridized carbons (Fsp3) is 0.299. The van der Waals surface area contributed by atoms with Gasteiger partial charge in [-0.15, -0.1) is 0 Å². The van der Waals surface area contributed by atoms with Crippen LogP contribution in [0.1, 0.15) is 120 Å². The lowest BCUT2D eigenvalue weighted by Gasteiger charge is -2.31. The first kappa shape index (κ1) is 95.5. The maximum absolute atomic E-state index is 13.5. The number of rotatable bonds is 15. The lowest BCUT2D eigenvalue weighted by Crippen LogP contribution is -2.43. The Morgan fingerprint density at radius 2 is 0.872 bits per heavy atom. The van der Waals surface area contributed by atoms with Crippen molar-refractivity contribution in [3.8, 4) is 28.7 Å². The summed E-state index contributed by atoms with van der Waals surface area (Å²) in [4.78, 5) is 102. The standard InChI is InChI=1S/C22H25BrN4O4.C22H26N4O4.C17H18N4O2.C17H14N4O2.C9H12O.C6H4FNO2.C4H6N2/c1-22(2,3)31-21(29)25-10-9-16-18(13-25)27-19(17(23)11-24-27)26(20(16)28)12-14-5-7-15(30-4)8-6-14;1-22(2,3)30-21(28)24-12-10-17-18(14-24)26-19(9-11-23-26)25(20(17)27)13-15-5-7-16(29-4)8-6-15;2*1-23-13-4-2-12(3-5-13)11-20-16-7-9-19-21(16)15-10-18-8-6-14(15)17(20)22;1-3-8-4-6-9(10-2)7-5-8;7-5-3-8-2-1-4(5)6(9)10;5-4-1-2-6-3-4/h5-8,11H,9-10,12-13H2,1-4H3;5-9,11H,10,12-14H2,1-4H3;2-5,7,9,18H,6,8,10-11H2,1H3;2-10H,11H2,1H3;4-7H,3H2,1-2H3;1-3H,(H,9,10);1-2H,3,5H2. The van der Waals surface area contributed by atoms with E-state index in [4.69, 9.17) is 44.0 Å². The summed E-state index contributed by atoms with van der Waals surface area (Å²) in [5, 5.41) is 29.8. The van der Waals surface area contributed by atoms with Gasteiger partial charge in [-0.1, -0.05) is 67.6 Å². The largest absolute Gasteiger partial charge is 0.497 e. The number of nitrogens with two attached hydrogens (primary N) is 1. The number of ether oxygens (including phenoxy) is 7. The summed E-state index contributed by atoms with van der Waals surface area (Å²) in [6.45, 7) is 18.6. The second-order valence-corrected chi connectivity index (χ2v) is 33.8. The summed E-state index contributed by atoms with van der Waals surface area (Å²) in [5.41, 5.74) is 18.3. The van der Waals surface area contributed by atoms with Crippen LogP contribution in [0.25, 0.3) is 33.5 Å². The van der Waals surface area contributed by atoms with Crippen molar-refractivity contribution in [2.45, 2.75) is 131 Å². The first-order valence-corrected chi connectivity index (χ1v) is 43.6. The molecule has 4 aliphatic heterocycles. The van der Waals surface area contributed by atoms with Crippen LogP contribution in [-0.4, -0.2) is 179 Å². The van der Waals surface area contributed by atoms with E-state index < -0.39 is 23.0 Å². The van der Waals surface area contributed by atoms with Gasteiger partial charge in [0.2, 0.25) is 0 Å². The van der Waals surface area contributed by atoms with E-state index in [-0.39, 0.29) is 46.5 Å². The van der Waals surface area contributed by atoms with Crippen molar-refractivity contribution in [3.05, 3.63) is 332 Å². The Hall–Kier alpha value is -15.1. The summed E-state index contributed by atoms with van der Waals surface area (Å²) in [7, 11) is 8.20. The monoisotopic (exact) mass is 1870 g/mol. The highest BCUT2D eigenvalue weighted by Gasteiger charge is 2.33. The maximum atomic E-state index is 13.5. The Morgan fingerprint density at radius 1 is 0.474 bits per heavy atom. The van der Waals surface area contributed by atoms with E-state index in [0.29, 0.717) is 111 Å². The zero-order chi connectivity index (χ0) is 94.8. The van der Waals surface area contributed by atoms with E-state index in [2.05, 4.69) is 75.7 Å². The highest BCUT2D eigenvalue weighted by molar-refractivity contribution is 9.10. The van der Waals surface area contributed by atoms with Gasteiger partial charge in [-0.05, 0) is 196 Å². The molecule has 692 valence electrons. The molecule has 0 bridgehead atoms. The molecule has 0 saturated heterocycles. The van der Waals surface area contributed by atoms with Gasteiger partial charge in [0.15, 0.2) is 11.5 Å². The summed E-state index contributed by atoms with van der Waals surface area (Å²) in [5.74, 6) is 1.98. The van der Waals surface area contributed by atoms with E-state index in [1.54, 1.807) is 133 Å². The van der Waals surface area contributed by atoms with Crippen molar-refractivity contribution >= 4 is 73.8 Å². The summed E-state index contributed by atoms with van der Waals surface area (Å²) >= 11 is 3.53. The zero-order valence-corrected chi connectivity index (χ0v) is 77.5. The first-order valence-electron chi connectivity index (χ1n) is 42.8. The van der Waals surface area contributed by atoms with Gasteiger partial charge in [-0.25, -0.2) is 36.8 Å². The minimum Gasteiger partial charge on any atom is -0.497 e. The molecule has 0 atom stereocenters. The van der Waals surface area contributed by atoms with E-state index >= 15 is 0 Å². The van der Waals surface area contributed by atoms with E-state index in [1.807, 2.05) is 173 Å². The van der Waals surface area contributed by atoms with Crippen LogP contribution in [-0.2, 0) is 81.0 Å². The second kappa shape index (κ2) is 43.1. The normalized spacial score (nSPS) is 13.0. The van der Waals surface area contributed by atoms with Crippen molar-refractivity contribution in [3.63, 3.8) is 0 Å². The molecule has 19 rings (SSSR count). The number of halogens is 2.